The normalized spacial score (nSPS) is 12.8. The van der Waals surface area contributed by atoms with Crippen LogP contribution in [-0.4, -0.2) is 48.9 Å². The molecule has 0 fully saturated rings. The molecule has 0 aliphatic carbocycles. The predicted molar refractivity (Wildman–Crippen MR) is 83.2 cm³/mol. The van der Waals surface area contributed by atoms with E-state index in [2.05, 4.69) is 4.90 Å². The average Bonchev–Trinajstić information content (AvgIpc) is 2.42. The Morgan fingerprint density at radius 2 is 1.75 bits per heavy atom. The van der Waals surface area contributed by atoms with Crippen molar-refractivity contribution in [2.75, 3.05) is 27.2 Å². The van der Waals surface area contributed by atoms with Crippen molar-refractivity contribution < 1.29 is 4.79 Å². The van der Waals surface area contributed by atoms with Crippen LogP contribution >= 0.6 is 0 Å². The molecule has 4 nitrogen and oxygen atoms in total. The van der Waals surface area contributed by atoms with Crippen molar-refractivity contribution in [3.8, 4) is 0 Å². The summed E-state index contributed by atoms with van der Waals surface area (Å²) in [5.74, 6) is 0.186. The lowest BCUT2D eigenvalue weighted by atomic mass is 10.0. The lowest BCUT2D eigenvalue weighted by Gasteiger charge is -2.28. The number of hydrogen-bond donors (Lipinski definition) is 1. The topological polar surface area (TPSA) is 49.6 Å². The first-order valence-electron chi connectivity index (χ1n) is 7.15. The van der Waals surface area contributed by atoms with Gasteiger partial charge in [0.15, 0.2) is 0 Å². The van der Waals surface area contributed by atoms with E-state index in [1.807, 2.05) is 63.2 Å². The van der Waals surface area contributed by atoms with Gasteiger partial charge in [0, 0.05) is 19.6 Å². The molecular weight excluding hydrogens is 250 g/mol. The highest BCUT2D eigenvalue weighted by Gasteiger charge is 2.23. The Labute approximate surface area is 122 Å². The molecule has 0 heterocycles. The van der Waals surface area contributed by atoms with Gasteiger partial charge in [0.25, 0.3) is 0 Å². The third kappa shape index (κ3) is 5.31. The van der Waals surface area contributed by atoms with Crippen molar-refractivity contribution in [2.45, 2.75) is 26.4 Å². The highest BCUT2D eigenvalue weighted by Crippen LogP contribution is 2.09. The summed E-state index contributed by atoms with van der Waals surface area (Å²) in [6.07, 6.45) is 0. The molecule has 112 valence electrons. The van der Waals surface area contributed by atoms with E-state index in [1.165, 1.54) is 0 Å². The van der Waals surface area contributed by atoms with Gasteiger partial charge in [0.2, 0.25) is 5.91 Å². The van der Waals surface area contributed by atoms with Crippen LogP contribution in [-0.2, 0) is 11.3 Å². The Morgan fingerprint density at radius 1 is 1.15 bits per heavy atom. The summed E-state index contributed by atoms with van der Waals surface area (Å²) in [7, 11) is 4.01. The van der Waals surface area contributed by atoms with Crippen LogP contribution in [0.4, 0.5) is 0 Å². The van der Waals surface area contributed by atoms with E-state index < -0.39 is 6.04 Å². The van der Waals surface area contributed by atoms with Crippen LogP contribution in [0.15, 0.2) is 30.3 Å². The van der Waals surface area contributed by atoms with Crippen molar-refractivity contribution in [1.82, 2.24) is 9.80 Å². The highest BCUT2D eigenvalue weighted by atomic mass is 16.2. The number of nitrogens with zero attached hydrogens (tertiary/aromatic N) is 2. The zero-order chi connectivity index (χ0) is 15.1. The van der Waals surface area contributed by atoms with Crippen molar-refractivity contribution in [3.63, 3.8) is 0 Å². The smallest absolute Gasteiger partial charge is 0.240 e. The maximum atomic E-state index is 12.5. The SMILES string of the molecule is CC(C)[C@@H](N)C(=O)N(CCN(C)C)Cc1ccccc1. The number of hydrogen-bond acceptors (Lipinski definition) is 3. The standard InChI is InChI=1S/C16H27N3O/c1-13(2)15(17)16(20)19(11-10-18(3)4)12-14-8-6-5-7-9-14/h5-9,13,15H,10-12,17H2,1-4H3/t15-/m1/s1. The van der Waals surface area contributed by atoms with Gasteiger partial charge in [-0.3, -0.25) is 4.79 Å². The Bertz CT molecular complexity index is 403. The molecule has 4 heteroatoms. The first-order valence-corrected chi connectivity index (χ1v) is 7.15. The van der Waals surface area contributed by atoms with Crippen LogP contribution in [0, 0.1) is 5.92 Å². The fourth-order valence-corrected chi connectivity index (χ4v) is 1.89. The Hall–Kier alpha value is -1.39. The fraction of sp³-hybridized carbons (Fsp3) is 0.562. The Kier molecular flexibility index (Phi) is 6.68. The molecular formula is C16H27N3O. The van der Waals surface area contributed by atoms with E-state index in [1.54, 1.807) is 0 Å². The number of amides is 1. The van der Waals surface area contributed by atoms with Gasteiger partial charge in [-0.15, -0.1) is 0 Å². The average molecular weight is 277 g/mol. The molecule has 1 atom stereocenters. The quantitative estimate of drug-likeness (QED) is 0.823. The summed E-state index contributed by atoms with van der Waals surface area (Å²) in [6, 6.07) is 9.61. The Morgan fingerprint density at radius 3 is 2.25 bits per heavy atom. The van der Waals surface area contributed by atoms with E-state index in [9.17, 15) is 4.79 Å². The van der Waals surface area contributed by atoms with Crippen LogP contribution in [0.2, 0.25) is 0 Å². The van der Waals surface area contributed by atoms with Gasteiger partial charge in [0.1, 0.15) is 0 Å². The molecule has 0 radical (unpaired) electrons. The zero-order valence-corrected chi connectivity index (χ0v) is 13.0. The number of benzene rings is 1. The largest absolute Gasteiger partial charge is 0.336 e. The molecule has 1 amide bonds. The molecule has 0 aromatic heterocycles. The molecule has 0 unspecified atom stereocenters. The second-order valence-electron chi connectivity index (χ2n) is 5.82. The minimum absolute atomic E-state index is 0.0331. The molecule has 0 aliphatic heterocycles. The third-order valence-electron chi connectivity index (χ3n) is 3.35. The predicted octanol–water partition coefficient (Wildman–Crippen LogP) is 1.56. The number of carbonyl (C=O) groups is 1. The Balaban J connectivity index is 2.76. The minimum atomic E-state index is -0.430. The van der Waals surface area contributed by atoms with Crippen molar-refractivity contribution in [1.29, 1.82) is 0 Å². The molecule has 0 aliphatic rings. The summed E-state index contributed by atoms with van der Waals surface area (Å²) in [5, 5.41) is 0. The second-order valence-corrected chi connectivity index (χ2v) is 5.82. The fourth-order valence-electron chi connectivity index (χ4n) is 1.89. The van der Waals surface area contributed by atoms with Gasteiger partial charge < -0.3 is 15.5 Å². The van der Waals surface area contributed by atoms with Gasteiger partial charge in [-0.1, -0.05) is 44.2 Å². The molecule has 2 N–H and O–H groups in total. The monoisotopic (exact) mass is 277 g/mol. The van der Waals surface area contributed by atoms with E-state index in [4.69, 9.17) is 5.73 Å². The van der Waals surface area contributed by atoms with Gasteiger partial charge >= 0.3 is 0 Å². The van der Waals surface area contributed by atoms with Crippen molar-refractivity contribution in [2.24, 2.45) is 11.7 Å². The zero-order valence-electron chi connectivity index (χ0n) is 13.0. The minimum Gasteiger partial charge on any atom is -0.336 e. The van der Waals surface area contributed by atoms with Crippen molar-refractivity contribution >= 4 is 5.91 Å². The molecule has 0 saturated heterocycles. The maximum Gasteiger partial charge on any atom is 0.240 e. The van der Waals surface area contributed by atoms with Crippen LogP contribution < -0.4 is 5.73 Å². The molecule has 20 heavy (non-hydrogen) atoms. The highest BCUT2D eigenvalue weighted by molar-refractivity contribution is 5.81. The maximum absolute atomic E-state index is 12.5. The lowest BCUT2D eigenvalue weighted by Crippen LogP contribution is -2.48. The van der Waals surface area contributed by atoms with Crippen molar-refractivity contribution in [3.05, 3.63) is 35.9 Å². The lowest BCUT2D eigenvalue weighted by molar-refractivity contribution is -0.134. The van der Waals surface area contributed by atoms with E-state index in [0.717, 1.165) is 12.1 Å². The number of likely N-dealkylation sites (N-methyl/N-ethyl adjacent to an activating group) is 1. The van der Waals surface area contributed by atoms with E-state index in [0.29, 0.717) is 13.1 Å². The summed E-state index contributed by atoms with van der Waals surface area (Å²) in [4.78, 5) is 16.4. The van der Waals surface area contributed by atoms with Crippen LogP contribution in [0.1, 0.15) is 19.4 Å². The van der Waals surface area contributed by atoms with Gasteiger partial charge in [-0.25, -0.2) is 0 Å². The van der Waals surface area contributed by atoms with Crippen LogP contribution in [0.25, 0.3) is 0 Å². The van der Waals surface area contributed by atoms with Gasteiger partial charge in [0.05, 0.1) is 6.04 Å². The summed E-state index contributed by atoms with van der Waals surface area (Å²) in [5.41, 5.74) is 7.15. The molecule has 0 bridgehead atoms. The summed E-state index contributed by atoms with van der Waals surface area (Å²) < 4.78 is 0. The number of rotatable bonds is 7. The molecule has 1 aromatic rings. The van der Waals surface area contributed by atoms with E-state index >= 15 is 0 Å². The first-order chi connectivity index (χ1) is 9.41. The first kappa shape index (κ1) is 16.7. The number of carbonyl (C=O) groups excluding carboxylic acids is 1. The summed E-state index contributed by atoms with van der Waals surface area (Å²) in [6.45, 7) is 6.11. The molecule has 1 rings (SSSR count). The van der Waals surface area contributed by atoms with Crippen LogP contribution in [0.3, 0.4) is 0 Å². The van der Waals surface area contributed by atoms with Gasteiger partial charge in [-0.05, 0) is 25.6 Å². The molecule has 0 saturated carbocycles. The van der Waals surface area contributed by atoms with Gasteiger partial charge in [-0.2, -0.15) is 0 Å². The second kappa shape index (κ2) is 8.02. The van der Waals surface area contributed by atoms with E-state index in [-0.39, 0.29) is 11.8 Å². The third-order valence-corrected chi connectivity index (χ3v) is 3.35. The number of nitrogens with two attached hydrogens (primary N) is 1. The molecule has 1 aromatic carbocycles. The molecule has 0 spiro atoms. The summed E-state index contributed by atoms with van der Waals surface area (Å²) >= 11 is 0. The van der Waals surface area contributed by atoms with Crippen LogP contribution in [0.5, 0.6) is 0 Å².